The Bertz CT molecular complexity index is 391. The smallest absolute Gasteiger partial charge is 0.0603 e. The number of aromatic nitrogens is 1. The Morgan fingerprint density at radius 1 is 1.37 bits per heavy atom. The predicted molar refractivity (Wildman–Crippen MR) is 81.5 cm³/mol. The van der Waals surface area contributed by atoms with Crippen molar-refractivity contribution >= 4 is 5.69 Å². The van der Waals surface area contributed by atoms with Crippen LogP contribution in [0, 0.1) is 0 Å². The molecule has 0 saturated carbocycles. The van der Waals surface area contributed by atoms with Gasteiger partial charge in [-0.2, -0.15) is 0 Å². The van der Waals surface area contributed by atoms with Gasteiger partial charge in [0.05, 0.1) is 11.9 Å². The molecule has 1 saturated heterocycles. The lowest BCUT2D eigenvalue weighted by Gasteiger charge is -2.31. The van der Waals surface area contributed by atoms with E-state index in [9.17, 15) is 0 Å². The van der Waals surface area contributed by atoms with Gasteiger partial charge in [-0.3, -0.25) is 4.98 Å². The lowest BCUT2D eigenvalue weighted by atomic mass is 10.1. The number of hydrogen-bond acceptors (Lipinski definition) is 3. The fourth-order valence-corrected chi connectivity index (χ4v) is 3.10. The van der Waals surface area contributed by atoms with Crippen molar-refractivity contribution in [3.05, 3.63) is 24.0 Å². The summed E-state index contributed by atoms with van der Waals surface area (Å²) < 4.78 is 0. The summed E-state index contributed by atoms with van der Waals surface area (Å²) in [5, 5.41) is 3.51. The highest BCUT2D eigenvalue weighted by molar-refractivity contribution is 5.54. The zero-order chi connectivity index (χ0) is 13.7. The van der Waals surface area contributed by atoms with Gasteiger partial charge in [-0.1, -0.05) is 13.8 Å². The van der Waals surface area contributed by atoms with Crippen LogP contribution in [0.3, 0.4) is 0 Å². The molecular weight excluding hydrogens is 234 g/mol. The molecule has 1 aliphatic rings. The molecule has 19 heavy (non-hydrogen) atoms. The average molecular weight is 261 g/mol. The molecule has 0 amide bonds. The number of nitrogens with one attached hydrogen (secondary N) is 1. The van der Waals surface area contributed by atoms with E-state index in [0.29, 0.717) is 12.1 Å². The van der Waals surface area contributed by atoms with Gasteiger partial charge in [0.2, 0.25) is 0 Å². The first kappa shape index (κ1) is 14.3. The maximum atomic E-state index is 4.35. The minimum atomic E-state index is 0.638. The van der Waals surface area contributed by atoms with Gasteiger partial charge in [0.1, 0.15) is 0 Å². The van der Waals surface area contributed by atoms with E-state index in [-0.39, 0.29) is 0 Å². The fourth-order valence-electron chi connectivity index (χ4n) is 3.10. The van der Waals surface area contributed by atoms with E-state index >= 15 is 0 Å². The highest BCUT2D eigenvalue weighted by Crippen LogP contribution is 2.33. The highest BCUT2D eigenvalue weighted by Gasteiger charge is 2.30. The molecule has 3 nitrogen and oxygen atoms in total. The van der Waals surface area contributed by atoms with Crippen molar-refractivity contribution in [3.8, 4) is 0 Å². The summed E-state index contributed by atoms with van der Waals surface area (Å²) in [6.07, 6.45) is 8.98. The minimum Gasteiger partial charge on any atom is -0.364 e. The van der Waals surface area contributed by atoms with Crippen molar-refractivity contribution in [3.63, 3.8) is 0 Å². The molecule has 0 spiro atoms. The van der Waals surface area contributed by atoms with Gasteiger partial charge in [0.25, 0.3) is 0 Å². The molecule has 1 N–H and O–H groups in total. The minimum absolute atomic E-state index is 0.638. The summed E-state index contributed by atoms with van der Waals surface area (Å²) in [4.78, 5) is 6.95. The lowest BCUT2D eigenvalue weighted by Crippen LogP contribution is -2.35. The summed E-state index contributed by atoms with van der Waals surface area (Å²) in [5.74, 6) is 0. The van der Waals surface area contributed by atoms with E-state index in [2.05, 4.69) is 42.0 Å². The average Bonchev–Trinajstić information content (AvgIpc) is 2.81. The Morgan fingerprint density at radius 2 is 2.21 bits per heavy atom. The van der Waals surface area contributed by atoms with Crippen LogP contribution in [0.4, 0.5) is 5.69 Å². The van der Waals surface area contributed by atoms with Crippen molar-refractivity contribution in [2.24, 2.45) is 0 Å². The van der Waals surface area contributed by atoms with E-state index in [0.717, 1.165) is 13.1 Å². The predicted octanol–water partition coefficient (Wildman–Crippen LogP) is 3.35. The second-order valence-corrected chi connectivity index (χ2v) is 5.58. The summed E-state index contributed by atoms with van der Waals surface area (Å²) >= 11 is 0. The van der Waals surface area contributed by atoms with Crippen LogP contribution in [0.25, 0.3) is 0 Å². The topological polar surface area (TPSA) is 28.2 Å². The van der Waals surface area contributed by atoms with E-state index < -0.39 is 0 Å². The molecule has 0 aromatic carbocycles. The second-order valence-electron chi connectivity index (χ2n) is 5.58. The zero-order valence-electron chi connectivity index (χ0n) is 12.5. The molecule has 3 heteroatoms. The van der Waals surface area contributed by atoms with Crippen molar-refractivity contribution < 1.29 is 0 Å². The number of nitrogens with zero attached hydrogens (tertiary/aromatic N) is 2. The first-order chi connectivity index (χ1) is 9.27. The van der Waals surface area contributed by atoms with Crippen LogP contribution in [0.1, 0.15) is 52.0 Å². The van der Waals surface area contributed by atoms with E-state index in [1.54, 1.807) is 0 Å². The summed E-state index contributed by atoms with van der Waals surface area (Å²) in [6, 6.07) is 3.48. The van der Waals surface area contributed by atoms with Crippen molar-refractivity contribution in [2.45, 2.75) is 65.1 Å². The van der Waals surface area contributed by atoms with Crippen molar-refractivity contribution in [1.29, 1.82) is 0 Å². The molecule has 0 radical (unpaired) electrons. The van der Waals surface area contributed by atoms with Gasteiger partial charge in [0.15, 0.2) is 0 Å². The third-order valence-corrected chi connectivity index (χ3v) is 4.17. The standard InChI is InChI=1S/C16H27N3/c1-4-9-17-11-14-8-10-18-12-16(14)19-13(3)6-7-15(19)5-2/h8,10,12-13,15,17H,4-7,9,11H2,1-3H3. The molecule has 2 unspecified atom stereocenters. The molecule has 1 aromatic rings. The second kappa shape index (κ2) is 6.90. The normalized spacial score (nSPS) is 23.0. The summed E-state index contributed by atoms with van der Waals surface area (Å²) in [5.41, 5.74) is 2.72. The Hall–Kier alpha value is -1.09. The maximum Gasteiger partial charge on any atom is 0.0603 e. The zero-order valence-corrected chi connectivity index (χ0v) is 12.5. The molecule has 1 fully saturated rings. The Kier molecular flexibility index (Phi) is 5.20. The Balaban J connectivity index is 2.18. The van der Waals surface area contributed by atoms with Crippen LogP contribution in [0.2, 0.25) is 0 Å². The maximum absolute atomic E-state index is 4.35. The van der Waals surface area contributed by atoms with Crippen LogP contribution in [-0.4, -0.2) is 23.6 Å². The van der Waals surface area contributed by atoms with E-state index in [1.165, 1.54) is 36.9 Å². The van der Waals surface area contributed by atoms with Gasteiger partial charge < -0.3 is 10.2 Å². The van der Waals surface area contributed by atoms with Crippen LogP contribution in [0.15, 0.2) is 18.5 Å². The molecule has 2 rings (SSSR count). The summed E-state index contributed by atoms with van der Waals surface area (Å²) in [7, 11) is 0. The fraction of sp³-hybridized carbons (Fsp3) is 0.688. The molecule has 2 atom stereocenters. The highest BCUT2D eigenvalue weighted by atomic mass is 15.2. The van der Waals surface area contributed by atoms with Gasteiger partial charge in [0, 0.05) is 24.8 Å². The number of pyridine rings is 1. The quantitative estimate of drug-likeness (QED) is 0.796. The van der Waals surface area contributed by atoms with Crippen LogP contribution < -0.4 is 10.2 Å². The van der Waals surface area contributed by atoms with Crippen molar-refractivity contribution in [1.82, 2.24) is 10.3 Å². The van der Waals surface area contributed by atoms with Crippen LogP contribution in [0.5, 0.6) is 0 Å². The molecule has 0 aliphatic carbocycles. The SMILES string of the molecule is CCCNCc1ccncc1N1C(C)CCC1CC. The molecule has 1 aromatic heterocycles. The summed E-state index contributed by atoms with van der Waals surface area (Å²) in [6.45, 7) is 8.86. The molecular formula is C16H27N3. The largest absolute Gasteiger partial charge is 0.364 e. The Labute approximate surface area is 117 Å². The first-order valence-corrected chi connectivity index (χ1v) is 7.69. The monoisotopic (exact) mass is 261 g/mol. The van der Waals surface area contributed by atoms with E-state index in [1.807, 2.05) is 12.4 Å². The van der Waals surface area contributed by atoms with Gasteiger partial charge in [-0.15, -0.1) is 0 Å². The Morgan fingerprint density at radius 3 is 2.95 bits per heavy atom. The molecule has 2 heterocycles. The molecule has 106 valence electrons. The van der Waals surface area contributed by atoms with Gasteiger partial charge >= 0.3 is 0 Å². The third-order valence-electron chi connectivity index (χ3n) is 4.17. The molecule has 0 bridgehead atoms. The number of anilines is 1. The van der Waals surface area contributed by atoms with E-state index in [4.69, 9.17) is 0 Å². The lowest BCUT2D eigenvalue weighted by molar-refractivity contribution is 0.617. The third kappa shape index (κ3) is 3.27. The number of rotatable bonds is 6. The first-order valence-electron chi connectivity index (χ1n) is 7.69. The van der Waals surface area contributed by atoms with Gasteiger partial charge in [-0.05, 0) is 50.8 Å². The molecule has 1 aliphatic heterocycles. The number of hydrogen-bond donors (Lipinski definition) is 1. The van der Waals surface area contributed by atoms with Crippen LogP contribution in [-0.2, 0) is 6.54 Å². The van der Waals surface area contributed by atoms with Crippen LogP contribution >= 0.6 is 0 Å². The van der Waals surface area contributed by atoms with Gasteiger partial charge in [-0.25, -0.2) is 0 Å². The van der Waals surface area contributed by atoms with Crippen molar-refractivity contribution in [2.75, 3.05) is 11.4 Å².